The van der Waals surface area contributed by atoms with Crippen LogP contribution < -0.4 is 5.32 Å². The molecule has 3 heteroatoms. The van der Waals surface area contributed by atoms with Crippen molar-refractivity contribution >= 4 is 0 Å². The molecule has 88 valence electrons. The Kier molecular flexibility index (Phi) is 3.26. The van der Waals surface area contributed by atoms with Gasteiger partial charge in [-0.1, -0.05) is 12.1 Å². The van der Waals surface area contributed by atoms with Gasteiger partial charge in [0.1, 0.15) is 5.82 Å². The number of halogens is 1. The Balaban J connectivity index is 2.19. The maximum absolute atomic E-state index is 12.8. The van der Waals surface area contributed by atoms with Crippen molar-refractivity contribution in [1.29, 1.82) is 0 Å². The average molecular weight is 223 g/mol. The van der Waals surface area contributed by atoms with Gasteiger partial charge < -0.3 is 10.4 Å². The molecule has 0 aliphatic carbocycles. The lowest BCUT2D eigenvalue weighted by atomic mass is 9.78. The van der Waals surface area contributed by atoms with Gasteiger partial charge in [-0.25, -0.2) is 4.39 Å². The molecule has 0 radical (unpaired) electrons. The lowest BCUT2D eigenvalue weighted by Gasteiger charge is -2.36. The maximum atomic E-state index is 12.8. The van der Waals surface area contributed by atoms with Crippen molar-refractivity contribution in [3.05, 3.63) is 35.6 Å². The van der Waals surface area contributed by atoms with Gasteiger partial charge in [0, 0.05) is 0 Å². The first-order valence-corrected chi connectivity index (χ1v) is 5.80. The fourth-order valence-corrected chi connectivity index (χ4v) is 2.41. The number of aliphatic hydroxyl groups is 1. The summed E-state index contributed by atoms with van der Waals surface area (Å²) in [7, 11) is 0. The van der Waals surface area contributed by atoms with Crippen molar-refractivity contribution in [3.8, 4) is 0 Å². The minimum Gasteiger partial charge on any atom is -0.385 e. The third kappa shape index (κ3) is 2.25. The van der Waals surface area contributed by atoms with Crippen LogP contribution in [0.3, 0.4) is 0 Å². The summed E-state index contributed by atoms with van der Waals surface area (Å²) in [6.07, 6.45) is 1.93. The van der Waals surface area contributed by atoms with E-state index >= 15 is 0 Å². The Morgan fingerprint density at radius 2 is 1.81 bits per heavy atom. The first kappa shape index (κ1) is 11.6. The van der Waals surface area contributed by atoms with Crippen LogP contribution in [0.2, 0.25) is 0 Å². The van der Waals surface area contributed by atoms with Crippen molar-refractivity contribution < 1.29 is 9.50 Å². The van der Waals surface area contributed by atoms with Gasteiger partial charge in [0.25, 0.3) is 0 Å². The van der Waals surface area contributed by atoms with Gasteiger partial charge in [0.05, 0.1) is 5.60 Å². The van der Waals surface area contributed by atoms with Crippen molar-refractivity contribution in [1.82, 2.24) is 5.32 Å². The van der Waals surface area contributed by atoms with Crippen molar-refractivity contribution in [3.63, 3.8) is 0 Å². The zero-order valence-electron chi connectivity index (χ0n) is 9.54. The van der Waals surface area contributed by atoms with E-state index in [4.69, 9.17) is 0 Å². The molecule has 1 heterocycles. The van der Waals surface area contributed by atoms with Gasteiger partial charge in [-0.2, -0.15) is 0 Å². The maximum Gasteiger partial charge on any atom is 0.123 e. The quantitative estimate of drug-likeness (QED) is 0.804. The monoisotopic (exact) mass is 223 g/mol. The Morgan fingerprint density at radius 3 is 2.38 bits per heavy atom. The second-order valence-corrected chi connectivity index (χ2v) is 4.68. The molecule has 2 N–H and O–H groups in total. The van der Waals surface area contributed by atoms with Gasteiger partial charge in [0.15, 0.2) is 0 Å². The first-order chi connectivity index (χ1) is 7.60. The van der Waals surface area contributed by atoms with Crippen LogP contribution in [0.1, 0.15) is 25.3 Å². The number of rotatable bonds is 2. The molecule has 0 aromatic heterocycles. The normalized spacial score (nSPS) is 21.7. The van der Waals surface area contributed by atoms with Crippen LogP contribution in [0.25, 0.3) is 0 Å². The highest BCUT2D eigenvalue weighted by atomic mass is 19.1. The summed E-state index contributed by atoms with van der Waals surface area (Å²) < 4.78 is 12.8. The van der Waals surface area contributed by atoms with Gasteiger partial charge in [-0.15, -0.1) is 0 Å². The summed E-state index contributed by atoms with van der Waals surface area (Å²) in [4.78, 5) is 0. The topological polar surface area (TPSA) is 32.3 Å². The molecule has 16 heavy (non-hydrogen) atoms. The van der Waals surface area contributed by atoms with E-state index in [0.717, 1.165) is 31.5 Å². The summed E-state index contributed by atoms with van der Waals surface area (Å²) >= 11 is 0. The summed E-state index contributed by atoms with van der Waals surface area (Å²) in [5.41, 5.74) is -0.0451. The molecule has 1 aromatic rings. The molecule has 1 aromatic carbocycles. The lowest BCUT2D eigenvalue weighted by molar-refractivity contribution is -0.0186. The van der Waals surface area contributed by atoms with E-state index in [0.29, 0.717) is 0 Å². The average Bonchev–Trinajstić information content (AvgIpc) is 2.31. The number of hydrogen-bond acceptors (Lipinski definition) is 2. The molecule has 1 atom stereocenters. The van der Waals surface area contributed by atoms with Crippen molar-refractivity contribution in [2.45, 2.75) is 25.4 Å². The minimum absolute atomic E-state index is 0.249. The zero-order chi connectivity index (χ0) is 11.6. The highest BCUT2D eigenvalue weighted by molar-refractivity contribution is 5.23. The van der Waals surface area contributed by atoms with Crippen LogP contribution in [0, 0.1) is 11.7 Å². The second-order valence-electron chi connectivity index (χ2n) is 4.68. The van der Waals surface area contributed by atoms with Crippen molar-refractivity contribution in [2.75, 3.05) is 13.1 Å². The molecule has 0 spiro atoms. The standard InChI is InChI=1S/C13H18FNO/c1-13(16,11-6-8-15-9-7-11)10-2-4-12(14)5-3-10/h2-5,11,15-16H,6-9H2,1H3. The van der Waals surface area contributed by atoms with Gasteiger partial charge in [-0.3, -0.25) is 0 Å². The van der Waals surface area contributed by atoms with Crippen LogP contribution in [0.5, 0.6) is 0 Å². The first-order valence-electron chi connectivity index (χ1n) is 5.80. The van der Waals surface area contributed by atoms with E-state index in [1.165, 1.54) is 12.1 Å². The van der Waals surface area contributed by atoms with Crippen LogP contribution in [-0.2, 0) is 5.60 Å². The van der Waals surface area contributed by atoms with E-state index in [1.807, 2.05) is 6.92 Å². The fourth-order valence-electron chi connectivity index (χ4n) is 2.41. The van der Waals surface area contributed by atoms with Gasteiger partial charge in [-0.05, 0) is 56.5 Å². The molecule has 1 fully saturated rings. The number of nitrogens with one attached hydrogen (secondary N) is 1. The minimum atomic E-state index is -0.851. The Morgan fingerprint density at radius 1 is 1.25 bits per heavy atom. The van der Waals surface area contributed by atoms with E-state index < -0.39 is 5.60 Å². The van der Waals surface area contributed by atoms with Crippen LogP contribution in [-0.4, -0.2) is 18.2 Å². The molecular formula is C13H18FNO. The highest BCUT2D eigenvalue weighted by Gasteiger charge is 2.34. The summed E-state index contributed by atoms with van der Waals surface area (Å²) in [6, 6.07) is 6.17. The molecule has 2 nitrogen and oxygen atoms in total. The smallest absolute Gasteiger partial charge is 0.123 e. The van der Waals surface area contributed by atoms with E-state index in [-0.39, 0.29) is 11.7 Å². The molecule has 1 aliphatic heterocycles. The number of benzene rings is 1. The molecule has 1 saturated heterocycles. The highest BCUT2D eigenvalue weighted by Crippen LogP contribution is 2.34. The van der Waals surface area contributed by atoms with E-state index in [9.17, 15) is 9.50 Å². The molecule has 0 bridgehead atoms. The summed E-state index contributed by atoms with van der Waals surface area (Å²) in [5, 5.41) is 13.8. The molecule has 1 unspecified atom stereocenters. The molecule has 0 saturated carbocycles. The summed E-state index contributed by atoms with van der Waals surface area (Å²) in [5.74, 6) is -0.0101. The molecular weight excluding hydrogens is 205 g/mol. The van der Waals surface area contributed by atoms with Crippen LogP contribution >= 0.6 is 0 Å². The second kappa shape index (κ2) is 4.52. The third-order valence-corrected chi connectivity index (χ3v) is 3.56. The molecule has 1 aliphatic rings. The molecule has 0 amide bonds. The van der Waals surface area contributed by atoms with E-state index in [1.54, 1.807) is 12.1 Å². The van der Waals surface area contributed by atoms with Gasteiger partial charge in [0.2, 0.25) is 0 Å². The Labute approximate surface area is 95.5 Å². The van der Waals surface area contributed by atoms with E-state index in [2.05, 4.69) is 5.32 Å². The number of hydrogen-bond donors (Lipinski definition) is 2. The Bertz CT molecular complexity index is 341. The fraction of sp³-hybridized carbons (Fsp3) is 0.538. The largest absolute Gasteiger partial charge is 0.385 e. The summed E-state index contributed by atoms with van der Waals surface area (Å²) in [6.45, 7) is 3.72. The predicted octanol–water partition coefficient (Wildman–Crippen LogP) is 2.03. The van der Waals surface area contributed by atoms with Crippen LogP contribution in [0.15, 0.2) is 24.3 Å². The third-order valence-electron chi connectivity index (χ3n) is 3.56. The number of piperidine rings is 1. The van der Waals surface area contributed by atoms with Crippen LogP contribution in [0.4, 0.5) is 4.39 Å². The SMILES string of the molecule is CC(O)(c1ccc(F)cc1)C1CCNCC1. The van der Waals surface area contributed by atoms with Crippen molar-refractivity contribution in [2.24, 2.45) is 5.92 Å². The predicted molar refractivity (Wildman–Crippen MR) is 61.6 cm³/mol. The van der Waals surface area contributed by atoms with Gasteiger partial charge >= 0.3 is 0 Å². The zero-order valence-corrected chi connectivity index (χ0v) is 9.54. The lowest BCUT2D eigenvalue weighted by Crippen LogP contribution is -2.39. The Hall–Kier alpha value is -0.930. The molecule has 2 rings (SSSR count).